The highest BCUT2D eigenvalue weighted by Gasteiger charge is 2.25. The Kier molecular flexibility index (Phi) is 6.90. The smallest absolute Gasteiger partial charge is 0.171 e. The molecular formula is C8H14BrF3. The van der Waals surface area contributed by atoms with E-state index >= 15 is 0 Å². The first-order chi connectivity index (χ1) is 5.56. The van der Waals surface area contributed by atoms with Crippen LogP contribution in [0.3, 0.4) is 0 Å². The lowest BCUT2D eigenvalue weighted by molar-refractivity contribution is -0.135. The van der Waals surface area contributed by atoms with E-state index in [1.807, 2.05) is 0 Å². The van der Waals surface area contributed by atoms with Crippen LogP contribution in [0.25, 0.3) is 0 Å². The van der Waals surface area contributed by atoms with Gasteiger partial charge in [-0.3, -0.25) is 0 Å². The van der Waals surface area contributed by atoms with Crippen LogP contribution in [0.5, 0.6) is 0 Å². The van der Waals surface area contributed by atoms with E-state index < -0.39 is 12.6 Å². The van der Waals surface area contributed by atoms with Crippen LogP contribution in [0.1, 0.15) is 38.5 Å². The normalized spacial score (nSPS) is 12.0. The van der Waals surface area contributed by atoms with E-state index in [1.165, 1.54) is 0 Å². The Morgan fingerprint density at radius 2 is 1.33 bits per heavy atom. The Morgan fingerprint density at radius 3 is 1.83 bits per heavy atom. The third kappa shape index (κ3) is 10.3. The molecule has 12 heavy (non-hydrogen) atoms. The van der Waals surface area contributed by atoms with Crippen molar-refractivity contribution >= 4 is 15.9 Å². The first-order valence-corrected chi connectivity index (χ1v) is 5.31. The van der Waals surface area contributed by atoms with Gasteiger partial charge in [0.15, 0.2) is 0 Å². The van der Waals surface area contributed by atoms with E-state index in [9.17, 15) is 13.2 Å². The number of alkyl halides is 4. The lowest BCUT2D eigenvalue weighted by Crippen LogP contribution is -2.06. The zero-order valence-electron chi connectivity index (χ0n) is 6.96. The van der Waals surface area contributed by atoms with Gasteiger partial charge >= 0.3 is 6.18 Å². The summed E-state index contributed by atoms with van der Waals surface area (Å²) in [5, 5.41) is 0.951. The molecule has 0 aliphatic heterocycles. The monoisotopic (exact) mass is 246 g/mol. The number of halogens is 4. The minimum atomic E-state index is -3.96. The molecule has 4 heteroatoms. The molecule has 0 fully saturated rings. The van der Waals surface area contributed by atoms with Gasteiger partial charge in [0.2, 0.25) is 0 Å². The van der Waals surface area contributed by atoms with E-state index in [-0.39, 0.29) is 6.42 Å². The van der Waals surface area contributed by atoms with Crippen molar-refractivity contribution in [2.24, 2.45) is 0 Å². The summed E-state index contributed by atoms with van der Waals surface area (Å²) in [7, 11) is 0. The summed E-state index contributed by atoms with van der Waals surface area (Å²) in [6, 6.07) is 0. The van der Waals surface area contributed by atoms with Gasteiger partial charge in [-0.05, 0) is 12.8 Å². The fraction of sp³-hybridized carbons (Fsp3) is 1.00. The number of hydrogen-bond donors (Lipinski definition) is 0. The molecule has 0 aromatic carbocycles. The van der Waals surface area contributed by atoms with Gasteiger partial charge in [0.25, 0.3) is 0 Å². The van der Waals surface area contributed by atoms with Crippen molar-refractivity contribution < 1.29 is 13.2 Å². The Balaban J connectivity index is 3.01. The maximum atomic E-state index is 11.6. The van der Waals surface area contributed by atoms with Crippen molar-refractivity contribution in [1.82, 2.24) is 0 Å². The minimum absolute atomic E-state index is 0.284. The van der Waals surface area contributed by atoms with Gasteiger partial charge in [-0.2, -0.15) is 13.2 Å². The van der Waals surface area contributed by atoms with Crippen LogP contribution in [0.4, 0.5) is 13.2 Å². The third-order valence-electron chi connectivity index (χ3n) is 1.59. The molecule has 0 spiro atoms. The first kappa shape index (κ1) is 12.3. The summed E-state index contributed by atoms with van der Waals surface area (Å²) in [4.78, 5) is 0. The fourth-order valence-corrected chi connectivity index (χ4v) is 1.35. The zero-order valence-corrected chi connectivity index (χ0v) is 8.55. The molecule has 0 rings (SSSR count). The molecule has 0 radical (unpaired) electrons. The predicted molar refractivity (Wildman–Crippen MR) is 47.6 cm³/mol. The standard InChI is InChI=1S/C8H14BrF3/c9-7-5-3-1-2-4-6-8(10,11)12/h1-7H2. The van der Waals surface area contributed by atoms with Crippen LogP contribution in [0.15, 0.2) is 0 Å². The van der Waals surface area contributed by atoms with Gasteiger partial charge in [-0.15, -0.1) is 0 Å². The molecule has 74 valence electrons. The maximum Gasteiger partial charge on any atom is 0.389 e. The summed E-state index contributed by atoms with van der Waals surface area (Å²) in [5.41, 5.74) is 0. The Labute approximate surface area is 79.7 Å². The second kappa shape index (κ2) is 6.75. The van der Waals surface area contributed by atoms with E-state index in [4.69, 9.17) is 0 Å². The Bertz CT molecular complexity index is 101. The van der Waals surface area contributed by atoms with Crippen molar-refractivity contribution in [3.8, 4) is 0 Å². The predicted octanol–water partition coefficient (Wildman–Crippen LogP) is 4.28. The molecule has 0 aromatic heterocycles. The van der Waals surface area contributed by atoms with Crippen LogP contribution < -0.4 is 0 Å². The molecule has 0 atom stereocenters. The van der Waals surface area contributed by atoms with Gasteiger partial charge in [0.05, 0.1) is 0 Å². The largest absolute Gasteiger partial charge is 0.389 e. The second-order valence-electron chi connectivity index (χ2n) is 2.82. The Morgan fingerprint density at radius 1 is 0.833 bits per heavy atom. The summed E-state index contributed by atoms with van der Waals surface area (Å²) < 4.78 is 34.9. The maximum absolute atomic E-state index is 11.6. The molecule has 0 aliphatic carbocycles. The number of rotatable bonds is 6. The van der Waals surface area contributed by atoms with Crippen molar-refractivity contribution in [2.45, 2.75) is 44.7 Å². The van der Waals surface area contributed by atoms with Crippen molar-refractivity contribution in [3.63, 3.8) is 0 Å². The highest BCUT2D eigenvalue weighted by atomic mass is 79.9. The van der Waals surface area contributed by atoms with Gasteiger partial charge in [-0.25, -0.2) is 0 Å². The quantitative estimate of drug-likeness (QED) is 0.485. The average molecular weight is 247 g/mol. The molecule has 0 bridgehead atoms. The fourth-order valence-electron chi connectivity index (χ4n) is 0.950. The zero-order chi connectivity index (χ0) is 9.45. The van der Waals surface area contributed by atoms with Gasteiger partial charge in [0, 0.05) is 11.8 Å². The molecule has 0 aliphatic rings. The second-order valence-corrected chi connectivity index (χ2v) is 3.61. The van der Waals surface area contributed by atoms with Crippen molar-refractivity contribution in [2.75, 3.05) is 5.33 Å². The van der Waals surface area contributed by atoms with E-state index in [2.05, 4.69) is 15.9 Å². The number of hydrogen-bond acceptors (Lipinski definition) is 0. The summed E-state index contributed by atoms with van der Waals surface area (Å²) in [5.74, 6) is 0. The highest BCUT2D eigenvalue weighted by molar-refractivity contribution is 9.09. The van der Waals surface area contributed by atoms with E-state index in [0.29, 0.717) is 6.42 Å². The minimum Gasteiger partial charge on any atom is -0.171 e. The van der Waals surface area contributed by atoms with E-state index in [0.717, 1.165) is 24.6 Å². The highest BCUT2D eigenvalue weighted by Crippen LogP contribution is 2.22. The van der Waals surface area contributed by atoms with Crippen molar-refractivity contribution in [3.05, 3.63) is 0 Å². The third-order valence-corrected chi connectivity index (χ3v) is 2.15. The summed E-state index contributed by atoms with van der Waals surface area (Å²) in [6.07, 6.45) is -0.591. The summed E-state index contributed by atoms with van der Waals surface area (Å²) in [6.45, 7) is 0. The van der Waals surface area contributed by atoms with Gasteiger partial charge < -0.3 is 0 Å². The van der Waals surface area contributed by atoms with Gasteiger partial charge in [0.1, 0.15) is 0 Å². The topological polar surface area (TPSA) is 0 Å². The molecular weight excluding hydrogens is 233 g/mol. The molecule has 0 aromatic rings. The summed E-state index contributed by atoms with van der Waals surface area (Å²) >= 11 is 3.27. The van der Waals surface area contributed by atoms with Crippen LogP contribution in [0, 0.1) is 0 Å². The molecule has 0 unspecified atom stereocenters. The molecule has 0 saturated heterocycles. The van der Waals surface area contributed by atoms with Crippen LogP contribution in [-0.2, 0) is 0 Å². The molecule has 0 amide bonds. The Hall–Kier alpha value is 0.270. The van der Waals surface area contributed by atoms with E-state index in [1.54, 1.807) is 0 Å². The SMILES string of the molecule is FC(F)(F)CCCCCCCBr. The first-order valence-electron chi connectivity index (χ1n) is 4.19. The number of unbranched alkanes of at least 4 members (excludes halogenated alkanes) is 4. The van der Waals surface area contributed by atoms with Crippen LogP contribution >= 0.6 is 15.9 Å². The van der Waals surface area contributed by atoms with Crippen LogP contribution in [-0.4, -0.2) is 11.5 Å². The molecule has 0 N–H and O–H groups in total. The average Bonchev–Trinajstić information content (AvgIpc) is 1.94. The van der Waals surface area contributed by atoms with Crippen molar-refractivity contribution in [1.29, 1.82) is 0 Å². The molecule has 0 saturated carbocycles. The molecule has 0 nitrogen and oxygen atoms in total. The lowest BCUT2D eigenvalue weighted by atomic mass is 10.1. The lowest BCUT2D eigenvalue weighted by Gasteiger charge is -2.04. The van der Waals surface area contributed by atoms with Gasteiger partial charge in [-0.1, -0.05) is 35.2 Å². The van der Waals surface area contributed by atoms with Crippen LogP contribution in [0.2, 0.25) is 0 Å². The molecule has 0 heterocycles.